The van der Waals surface area contributed by atoms with Gasteiger partial charge in [0.2, 0.25) is 5.91 Å². The smallest absolute Gasteiger partial charge is 0.324 e. The molecule has 2 fully saturated rings. The van der Waals surface area contributed by atoms with Gasteiger partial charge in [-0.1, -0.05) is 18.2 Å². The van der Waals surface area contributed by atoms with Gasteiger partial charge >= 0.3 is 6.03 Å². The molecule has 2 aliphatic heterocycles. The highest BCUT2D eigenvalue weighted by Crippen LogP contribution is 2.20. The van der Waals surface area contributed by atoms with E-state index in [1.165, 1.54) is 4.90 Å². The van der Waals surface area contributed by atoms with Gasteiger partial charge < -0.3 is 15.2 Å². The van der Waals surface area contributed by atoms with Crippen LogP contribution in [0.5, 0.6) is 0 Å². The quantitative estimate of drug-likeness (QED) is 0.801. The fourth-order valence-corrected chi connectivity index (χ4v) is 3.77. The number of likely N-dealkylation sites (tertiary alicyclic amines) is 1. The van der Waals surface area contributed by atoms with Gasteiger partial charge in [-0.05, 0) is 30.9 Å². The lowest BCUT2D eigenvalue weighted by atomic mass is 10.1. The maximum absolute atomic E-state index is 12.6. The molecule has 1 atom stereocenters. The van der Waals surface area contributed by atoms with Gasteiger partial charge in [0, 0.05) is 36.7 Å². The molecule has 4 rings (SSSR count). The number of carbonyl (C=O) groups is 3. The first-order chi connectivity index (χ1) is 12.6. The van der Waals surface area contributed by atoms with Crippen LogP contribution in [-0.2, 0) is 16.0 Å². The number of H-pyrrole nitrogens is 1. The lowest BCUT2D eigenvalue weighted by Gasteiger charge is -2.17. The minimum atomic E-state index is -0.737. The van der Waals surface area contributed by atoms with Gasteiger partial charge in [-0.3, -0.25) is 14.5 Å². The van der Waals surface area contributed by atoms with Crippen molar-refractivity contribution >= 4 is 28.7 Å². The van der Waals surface area contributed by atoms with E-state index in [0.717, 1.165) is 42.4 Å². The Morgan fingerprint density at radius 2 is 1.92 bits per heavy atom. The number of hydrogen-bond donors (Lipinski definition) is 2. The molecule has 26 heavy (non-hydrogen) atoms. The van der Waals surface area contributed by atoms with E-state index >= 15 is 0 Å². The van der Waals surface area contributed by atoms with Gasteiger partial charge in [0.25, 0.3) is 5.91 Å². The highest BCUT2D eigenvalue weighted by Gasteiger charge is 2.39. The Morgan fingerprint density at radius 3 is 2.73 bits per heavy atom. The molecule has 7 nitrogen and oxygen atoms in total. The summed E-state index contributed by atoms with van der Waals surface area (Å²) in [4.78, 5) is 43.2. The van der Waals surface area contributed by atoms with E-state index in [-0.39, 0.29) is 18.2 Å². The molecule has 2 saturated heterocycles. The van der Waals surface area contributed by atoms with Crippen molar-refractivity contribution in [3.63, 3.8) is 0 Å². The highest BCUT2D eigenvalue weighted by molar-refractivity contribution is 6.05. The SMILES string of the molecule is O=C(C[C@@H]1NC(=O)N(CCc2c[nH]c3ccccc23)C1=O)N1CCCC1. The third-order valence-corrected chi connectivity index (χ3v) is 5.22. The maximum Gasteiger partial charge on any atom is 0.324 e. The van der Waals surface area contributed by atoms with Crippen LogP contribution in [-0.4, -0.2) is 58.3 Å². The number of para-hydroxylation sites is 1. The Kier molecular flexibility index (Phi) is 4.36. The van der Waals surface area contributed by atoms with Crippen LogP contribution >= 0.6 is 0 Å². The highest BCUT2D eigenvalue weighted by atomic mass is 16.2. The summed E-state index contributed by atoms with van der Waals surface area (Å²) in [6, 6.07) is 6.79. The van der Waals surface area contributed by atoms with E-state index in [0.29, 0.717) is 13.0 Å². The van der Waals surface area contributed by atoms with E-state index in [4.69, 9.17) is 0 Å². The summed E-state index contributed by atoms with van der Waals surface area (Å²) in [6.07, 6.45) is 4.56. The van der Waals surface area contributed by atoms with Crippen molar-refractivity contribution in [1.29, 1.82) is 0 Å². The lowest BCUT2D eigenvalue weighted by Crippen LogP contribution is -2.38. The number of rotatable bonds is 5. The zero-order chi connectivity index (χ0) is 18.1. The van der Waals surface area contributed by atoms with Crippen LogP contribution in [0.3, 0.4) is 0 Å². The minimum absolute atomic E-state index is 0.0498. The number of fused-ring (bicyclic) bond motifs is 1. The normalized spacial score (nSPS) is 20.2. The number of urea groups is 1. The molecule has 2 aliphatic rings. The number of amides is 4. The van der Waals surface area contributed by atoms with Crippen molar-refractivity contribution in [3.8, 4) is 0 Å². The second-order valence-electron chi connectivity index (χ2n) is 6.89. The number of aromatic nitrogens is 1. The number of hydrogen-bond acceptors (Lipinski definition) is 3. The van der Waals surface area contributed by atoms with Gasteiger partial charge in [0.15, 0.2) is 0 Å². The van der Waals surface area contributed by atoms with Crippen LogP contribution in [0.25, 0.3) is 10.9 Å². The van der Waals surface area contributed by atoms with E-state index in [2.05, 4.69) is 10.3 Å². The Hall–Kier alpha value is -2.83. The maximum atomic E-state index is 12.6. The zero-order valence-electron chi connectivity index (χ0n) is 14.5. The zero-order valence-corrected chi connectivity index (χ0v) is 14.5. The predicted molar refractivity (Wildman–Crippen MR) is 96.5 cm³/mol. The fraction of sp³-hybridized carbons (Fsp3) is 0.421. The molecule has 1 aromatic heterocycles. The average molecular weight is 354 g/mol. The second-order valence-corrected chi connectivity index (χ2v) is 6.89. The molecule has 7 heteroatoms. The molecular formula is C19H22N4O3. The Morgan fingerprint density at radius 1 is 1.15 bits per heavy atom. The number of nitrogens with one attached hydrogen (secondary N) is 2. The Balaban J connectivity index is 1.38. The summed E-state index contributed by atoms with van der Waals surface area (Å²) in [5.41, 5.74) is 2.10. The third kappa shape index (κ3) is 3.05. The van der Waals surface area contributed by atoms with Crippen molar-refractivity contribution in [2.45, 2.75) is 31.7 Å². The van der Waals surface area contributed by atoms with Gasteiger partial charge in [-0.2, -0.15) is 0 Å². The van der Waals surface area contributed by atoms with Gasteiger partial charge in [0.05, 0.1) is 6.42 Å². The number of aromatic amines is 1. The van der Waals surface area contributed by atoms with Gasteiger partial charge in [-0.15, -0.1) is 0 Å². The van der Waals surface area contributed by atoms with Crippen molar-refractivity contribution in [2.24, 2.45) is 0 Å². The standard InChI is InChI=1S/C19H22N4O3/c24-17(22-8-3-4-9-22)11-16-18(25)23(19(26)21-16)10-7-13-12-20-15-6-2-1-5-14(13)15/h1-2,5-6,12,16,20H,3-4,7-11H2,(H,21,26)/t16-/m0/s1. The van der Waals surface area contributed by atoms with Crippen LogP contribution in [0.1, 0.15) is 24.8 Å². The molecular weight excluding hydrogens is 332 g/mol. The molecule has 0 aliphatic carbocycles. The third-order valence-electron chi connectivity index (χ3n) is 5.22. The Labute approximate surface area is 151 Å². The van der Waals surface area contributed by atoms with Crippen LogP contribution < -0.4 is 5.32 Å². The minimum Gasteiger partial charge on any atom is -0.361 e. The summed E-state index contributed by atoms with van der Waals surface area (Å²) in [5.74, 6) is -0.359. The van der Waals surface area contributed by atoms with Crippen LogP contribution in [0, 0.1) is 0 Å². The molecule has 3 heterocycles. The monoisotopic (exact) mass is 354 g/mol. The average Bonchev–Trinajstić information content (AvgIpc) is 3.35. The number of carbonyl (C=O) groups excluding carboxylic acids is 3. The van der Waals surface area contributed by atoms with Crippen molar-refractivity contribution in [2.75, 3.05) is 19.6 Å². The van der Waals surface area contributed by atoms with Crippen molar-refractivity contribution in [3.05, 3.63) is 36.0 Å². The first kappa shape index (κ1) is 16.6. The number of nitrogens with zero attached hydrogens (tertiary/aromatic N) is 2. The molecule has 0 unspecified atom stereocenters. The summed E-state index contributed by atoms with van der Waals surface area (Å²) in [7, 11) is 0. The van der Waals surface area contributed by atoms with Crippen LogP contribution in [0.4, 0.5) is 4.79 Å². The Bertz CT molecular complexity index is 853. The molecule has 2 aromatic rings. The first-order valence-corrected chi connectivity index (χ1v) is 9.08. The summed E-state index contributed by atoms with van der Waals surface area (Å²) < 4.78 is 0. The molecule has 0 saturated carbocycles. The van der Waals surface area contributed by atoms with E-state index < -0.39 is 12.1 Å². The molecule has 1 aromatic carbocycles. The first-order valence-electron chi connectivity index (χ1n) is 9.08. The largest absolute Gasteiger partial charge is 0.361 e. The molecule has 0 spiro atoms. The van der Waals surface area contributed by atoms with E-state index in [1.54, 1.807) is 4.90 Å². The fourth-order valence-electron chi connectivity index (χ4n) is 3.77. The van der Waals surface area contributed by atoms with E-state index in [1.807, 2.05) is 30.5 Å². The molecule has 136 valence electrons. The summed E-state index contributed by atoms with van der Waals surface area (Å²) in [6.45, 7) is 1.80. The summed E-state index contributed by atoms with van der Waals surface area (Å²) in [5, 5.41) is 3.76. The predicted octanol–water partition coefficient (Wildman–Crippen LogP) is 1.64. The summed E-state index contributed by atoms with van der Waals surface area (Å²) >= 11 is 0. The molecule has 2 N–H and O–H groups in total. The second kappa shape index (κ2) is 6.82. The van der Waals surface area contributed by atoms with Crippen LogP contribution in [0.15, 0.2) is 30.5 Å². The lowest BCUT2D eigenvalue weighted by molar-refractivity contribution is -0.135. The molecule has 0 radical (unpaired) electrons. The van der Waals surface area contributed by atoms with E-state index in [9.17, 15) is 14.4 Å². The topological polar surface area (TPSA) is 85.5 Å². The van der Waals surface area contributed by atoms with Crippen molar-refractivity contribution in [1.82, 2.24) is 20.1 Å². The van der Waals surface area contributed by atoms with Gasteiger partial charge in [-0.25, -0.2) is 4.79 Å². The molecule has 0 bridgehead atoms. The number of imide groups is 1. The van der Waals surface area contributed by atoms with Crippen LogP contribution in [0.2, 0.25) is 0 Å². The van der Waals surface area contributed by atoms with Crippen molar-refractivity contribution < 1.29 is 14.4 Å². The van der Waals surface area contributed by atoms with Gasteiger partial charge in [0.1, 0.15) is 6.04 Å². The number of benzene rings is 1. The molecule has 4 amide bonds.